The normalized spacial score (nSPS) is 9.47. The van der Waals surface area contributed by atoms with Gasteiger partial charge in [0.1, 0.15) is 0 Å². The van der Waals surface area contributed by atoms with E-state index in [9.17, 15) is 9.59 Å². The molecule has 0 atom stereocenters. The molecule has 0 aliphatic heterocycles. The maximum absolute atomic E-state index is 10.7. The number of halogens is 2. The van der Waals surface area contributed by atoms with Crippen molar-refractivity contribution < 1.29 is 19.8 Å². The second-order valence-electron chi connectivity index (χ2n) is 3.38. The first-order valence-electron chi connectivity index (χ1n) is 5.51. The zero-order valence-corrected chi connectivity index (χ0v) is 13.7. The van der Waals surface area contributed by atoms with E-state index in [1.807, 2.05) is 0 Å². The van der Waals surface area contributed by atoms with Gasteiger partial charge >= 0.3 is 11.9 Å². The Balaban J connectivity index is 0.000000555. The van der Waals surface area contributed by atoms with Crippen molar-refractivity contribution in [3.63, 3.8) is 0 Å². The number of nitrogens with one attached hydrogen (secondary N) is 1. The second-order valence-corrected chi connectivity index (χ2v) is 5.09. The van der Waals surface area contributed by atoms with Crippen LogP contribution in [0.25, 0.3) is 0 Å². The van der Waals surface area contributed by atoms with Crippen LogP contribution in [0.2, 0.25) is 0 Å². The lowest BCUT2D eigenvalue weighted by atomic mass is 10.1. The molecule has 0 unspecified atom stereocenters. The molecule has 1 rings (SSSR count). The van der Waals surface area contributed by atoms with Crippen molar-refractivity contribution >= 4 is 43.8 Å². The minimum atomic E-state index is -1.12. The minimum absolute atomic E-state index is 0.0156. The molecule has 0 fully saturated rings. The van der Waals surface area contributed by atoms with Gasteiger partial charge in [-0.2, -0.15) is 0 Å². The topological polar surface area (TPSA) is 86.6 Å². The average Bonchev–Trinajstić information content (AvgIpc) is 2.32. The van der Waals surface area contributed by atoms with Crippen LogP contribution in [0.1, 0.15) is 34.6 Å². The molecule has 1 aromatic rings. The van der Waals surface area contributed by atoms with E-state index in [-0.39, 0.29) is 20.1 Å². The molecule has 1 aromatic carbocycles. The number of rotatable bonds is 4. The molecule has 0 aliphatic carbocycles. The monoisotopic (exact) mass is 395 g/mol. The Morgan fingerprint density at radius 3 is 1.47 bits per heavy atom. The fourth-order valence-corrected chi connectivity index (χ4v) is 2.15. The molecule has 106 valence electrons. The van der Waals surface area contributed by atoms with Crippen LogP contribution in [-0.2, 0) is 0 Å². The summed E-state index contributed by atoms with van der Waals surface area (Å²) in [5.74, 6) is -2.23. The van der Waals surface area contributed by atoms with Crippen molar-refractivity contribution in [1.82, 2.24) is 5.32 Å². The molecule has 0 saturated carbocycles. The molecule has 19 heavy (non-hydrogen) atoms. The van der Waals surface area contributed by atoms with Gasteiger partial charge in [-0.25, -0.2) is 9.59 Å². The maximum atomic E-state index is 10.7. The highest BCUT2D eigenvalue weighted by Gasteiger charge is 2.15. The quantitative estimate of drug-likeness (QED) is 0.727. The summed E-state index contributed by atoms with van der Waals surface area (Å²) in [6.07, 6.45) is 0. The van der Waals surface area contributed by atoms with Gasteiger partial charge in [0.05, 0.1) is 11.1 Å². The molecule has 3 N–H and O–H groups in total. The Kier molecular flexibility index (Phi) is 8.62. The van der Waals surface area contributed by atoms with E-state index >= 15 is 0 Å². The SMILES string of the molecule is CCNCC.O=C(O)c1cc(Br)c(C(=O)O)cc1Br. The number of aromatic carboxylic acids is 2. The lowest BCUT2D eigenvalue weighted by molar-refractivity contribution is 0.0679. The van der Waals surface area contributed by atoms with Gasteiger partial charge in [0.25, 0.3) is 0 Å². The third kappa shape index (κ3) is 6.17. The molecule has 0 radical (unpaired) electrons. The van der Waals surface area contributed by atoms with E-state index in [0.29, 0.717) is 0 Å². The molecular weight excluding hydrogens is 382 g/mol. The van der Waals surface area contributed by atoms with Crippen LogP contribution in [0.15, 0.2) is 21.1 Å². The number of carboxylic acids is 2. The van der Waals surface area contributed by atoms with Gasteiger partial charge in [0, 0.05) is 8.95 Å². The largest absolute Gasteiger partial charge is 0.478 e. The van der Waals surface area contributed by atoms with Crippen LogP contribution < -0.4 is 5.32 Å². The van der Waals surface area contributed by atoms with Crippen LogP contribution in [0.5, 0.6) is 0 Å². The molecule has 0 amide bonds. The molecule has 0 heterocycles. The van der Waals surface area contributed by atoms with Gasteiger partial charge in [0.15, 0.2) is 0 Å². The standard InChI is InChI=1S/C8H4Br2O4.C4H11N/c9-5-1-3(7(11)12)6(10)2-4(5)8(13)14;1-3-5-4-2/h1-2H,(H,11,12)(H,13,14);5H,3-4H2,1-2H3. The number of carbonyl (C=O) groups is 2. The first-order chi connectivity index (χ1) is 8.84. The van der Waals surface area contributed by atoms with Gasteiger partial charge in [0.2, 0.25) is 0 Å². The minimum Gasteiger partial charge on any atom is -0.478 e. The van der Waals surface area contributed by atoms with Crippen molar-refractivity contribution in [2.45, 2.75) is 13.8 Å². The van der Waals surface area contributed by atoms with Crippen molar-refractivity contribution in [2.75, 3.05) is 13.1 Å². The first-order valence-corrected chi connectivity index (χ1v) is 7.10. The van der Waals surface area contributed by atoms with Gasteiger partial charge in [-0.15, -0.1) is 0 Å². The second kappa shape index (κ2) is 9.06. The van der Waals surface area contributed by atoms with E-state index < -0.39 is 11.9 Å². The predicted octanol–water partition coefficient (Wildman–Crippen LogP) is 3.22. The molecule has 5 nitrogen and oxygen atoms in total. The summed E-state index contributed by atoms with van der Waals surface area (Å²) in [5.41, 5.74) is 0.0313. The summed E-state index contributed by atoms with van der Waals surface area (Å²) in [5, 5.41) is 20.6. The zero-order chi connectivity index (χ0) is 15.0. The highest BCUT2D eigenvalue weighted by atomic mass is 79.9. The van der Waals surface area contributed by atoms with Crippen molar-refractivity contribution in [2.24, 2.45) is 0 Å². The Hall–Kier alpha value is -0.920. The molecule has 7 heteroatoms. The number of benzene rings is 1. The third-order valence-corrected chi connectivity index (χ3v) is 3.33. The van der Waals surface area contributed by atoms with Crippen LogP contribution in [0.3, 0.4) is 0 Å². The fraction of sp³-hybridized carbons (Fsp3) is 0.333. The number of carboxylic acid groups (broad SMARTS) is 2. The van der Waals surface area contributed by atoms with Gasteiger partial charge < -0.3 is 15.5 Å². The van der Waals surface area contributed by atoms with Gasteiger partial charge in [-0.3, -0.25) is 0 Å². The smallest absolute Gasteiger partial charge is 0.336 e. The summed E-state index contributed by atoms with van der Waals surface area (Å²) in [4.78, 5) is 21.3. The third-order valence-electron chi connectivity index (χ3n) is 2.02. The summed E-state index contributed by atoms with van der Waals surface area (Å²) < 4.78 is 0.483. The van der Waals surface area contributed by atoms with Crippen LogP contribution in [0, 0.1) is 0 Å². The van der Waals surface area contributed by atoms with E-state index in [1.165, 1.54) is 12.1 Å². The summed E-state index contributed by atoms with van der Waals surface area (Å²) in [7, 11) is 0. The Bertz CT molecular complexity index is 422. The average molecular weight is 397 g/mol. The van der Waals surface area contributed by atoms with Gasteiger partial charge in [-0.05, 0) is 57.1 Å². The molecule has 0 spiro atoms. The molecule has 0 aromatic heterocycles. The fourth-order valence-electron chi connectivity index (χ4n) is 1.12. The van der Waals surface area contributed by atoms with Gasteiger partial charge in [-0.1, -0.05) is 13.8 Å². The number of hydrogen-bond acceptors (Lipinski definition) is 3. The van der Waals surface area contributed by atoms with E-state index in [2.05, 4.69) is 51.0 Å². The Morgan fingerprint density at radius 2 is 1.32 bits per heavy atom. The molecular formula is C12H15Br2NO4. The lowest BCUT2D eigenvalue weighted by Crippen LogP contribution is -2.09. The number of hydrogen-bond donors (Lipinski definition) is 3. The summed E-state index contributed by atoms with van der Waals surface area (Å²) in [6.45, 7) is 6.39. The Labute approximate surface area is 128 Å². The van der Waals surface area contributed by atoms with E-state index in [0.717, 1.165) is 13.1 Å². The van der Waals surface area contributed by atoms with Crippen molar-refractivity contribution in [3.05, 3.63) is 32.2 Å². The zero-order valence-electron chi connectivity index (χ0n) is 10.5. The first kappa shape index (κ1) is 18.1. The van der Waals surface area contributed by atoms with Crippen LogP contribution in [-0.4, -0.2) is 35.2 Å². The Morgan fingerprint density at radius 1 is 1.00 bits per heavy atom. The van der Waals surface area contributed by atoms with Crippen molar-refractivity contribution in [1.29, 1.82) is 0 Å². The maximum Gasteiger partial charge on any atom is 0.336 e. The predicted molar refractivity (Wildman–Crippen MR) is 80.0 cm³/mol. The highest BCUT2D eigenvalue weighted by Crippen LogP contribution is 2.26. The van der Waals surface area contributed by atoms with Crippen LogP contribution in [0.4, 0.5) is 0 Å². The van der Waals surface area contributed by atoms with Crippen molar-refractivity contribution in [3.8, 4) is 0 Å². The molecule has 0 bridgehead atoms. The highest BCUT2D eigenvalue weighted by molar-refractivity contribution is 9.11. The lowest BCUT2D eigenvalue weighted by Gasteiger charge is -2.03. The van der Waals surface area contributed by atoms with E-state index in [1.54, 1.807) is 0 Å². The van der Waals surface area contributed by atoms with E-state index in [4.69, 9.17) is 10.2 Å². The van der Waals surface area contributed by atoms with Crippen LogP contribution >= 0.6 is 31.9 Å². The molecule has 0 saturated heterocycles. The summed E-state index contributed by atoms with van der Waals surface area (Å²) >= 11 is 5.97. The summed E-state index contributed by atoms with van der Waals surface area (Å²) in [6, 6.07) is 2.49. The molecule has 0 aliphatic rings.